The normalized spacial score (nSPS) is 35.3. The zero-order chi connectivity index (χ0) is 9.19. The van der Waals surface area contributed by atoms with Gasteiger partial charge in [-0.05, 0) is 25.2 Å². The maximum absolute atomic E-state index is 10.5. The molecular formula is C9H17NO2. The Morgan fingerprint density at radius 1 is 1.75 bits per heavy atom. The van der Waals surface area contributed by atoms with E-state index in [1.807, 2.05) is 0 Å². The molecule has 3 heteroatoms. The summed E-state index contributed by atoms with van der Waals surface area (Å²) in [5, 5.41) is 8.62. The summed E-state index contributed by atoms with van der Waals surface area (Å²) < 4.78 is 0. The monoisotopic (exact) mass is 171 g/mol. The Morgan fingerprint density at radius 3 is 2.83 bits per heavy atom. The lowest BCUT2D eigenvalue weighted by Crippen LogP contribution is -2.39. The SMILES string of the molecule is CCC1CCC(N)(CC(=O)O)C1. The number of rotatable bonds is 3. The molecule has 0 aromatic rings. The van der Waals surface area contributed by atoms with Crippen LogP contribution in [0.1, 0.15) is 39.0 Å². The van der Waals surface area contributed by atoms with Gasteiger partial charge in [0.25, 0.3) is 0 Å². The highest BCUT2D eigenvalue weighted by atomic mass is 16.4. The molecule has 0 amide bonds. The van der Waals surface area contributed by atoms with E-state index in [2.05, 4.69) is 6.92 Å². The highest BCUT2D eigenvalue weighted by Gasteiger charge is 2.36. The summed E-state index contributed by atoms with van der Waals surface area (Å²) in [6.07, 6.45) is 4.11. The van der Waals surface area contributed by atoms with Crippen LogP contribution < -0.4 is 5.73 Å². The van der Waals surface area contributed by atoms with Gasteiger partial charge < -0.3 is 10.8 Å². The molecule has 0 heterocycles. The van der Waals surface area contributed by atoms with E-state index in [1.165, 1.54) is 0 Å². The van der Waals surface area contributed by atoms with Crippen molar-refractivity contribution in [3.05, 3.63) is 0 Å². The van der Waals surface area contributed by atoms with Crippen LogP contribution in [0.4, 0.5) is 0 Å². The van der Waals surface area contributed by atoms with Crippen molar-refractivity contribution in [1.29, 1.82) is 0 Å². The van der Waals surface area contributed by atoms with Crippen molar-refractivity contribution < 1.29 is 9.90 Å². The molecule has 2 unspecified atom stereocenters. The van der Waals surface area contributed by atoms with E-state index in [0.717, 1.165) is 25.7 Å². The van der Waals surface area contributed by atoms with Crippen molar-refractivity contribution in [3.63, 3.8) is 0 Å². The van der Waals surface area contributed by atoms with E-state index >= 15 is 0 Å². The van der Waals surface area contributed by atoms with E-state index in [4.69, 9.17) is 10.8 Å². The minimum absolute atomic E-state index is 0.128. The molecular weight excluding hydrogens is 154 g/mol. The molecule has 12 heavy (non-hydrogen) atoms. The first-order valence-corrected chi connectivity index (χ1v) is 4.56. The number of carboxylic acid groups (broad SMARTS) is 1. The summed E-state index contributed by atoms with van der Waals surface area (Å²) in [7, 11) is 0. The van der Waals surface area contributed by atoms with Gasteiger partial charge in [0, 0.05) is 5.54 Å². The number of nitrogens with two attached hydrogens (primary N) is 1. The smallest absolute Gasteiger partial charge is 0.305 e. The van der Waals surface area contributed by atoms with Crippen LogP contribution in [0.2, 0.25) is 0 Å². The average Bonchev–Trinajstić information content (AvgIpc) is 2.30. The molecule has 3 nitrogen and oxygen atoms in total. The van der Waals surface area contributed by atoms with E-state index in [1.54, 1.807) is 0 Å². The summed E-state index contributed by atoms with van der Waals surface area (Å²) in [4.78, 5) is 10.5. The Bertz CT molecular complexity index is 181. The largest absolute Gasteiger partial charge is 0.481 e. The standard InChI is InChI=1S/C9H17NO2/c1-2-7-3-4-9(10,5-7)6-8(11)12/h7H,2-6,10H2,1H3,(H,11,12). The van der Waals surface area contributed by atoms with Crippen LogP contribution >= 0.6 is 0 Å². The Morgan fingerprint density at radius 2 is 2.42 bits per heavy atom. The second-order valence-electron chi connectivity index (χ2n) is 3.95. The lowest BCUT2D eigenvalue weighted by molar-refractivity contribution is -0.138. The third-order valence-electron chi connectivity index (χ3n) is 2.83. The molecule has 0 bridgehead atoms. The minimum atomic E-state index is -0.769. The molecule has 0 aliphatic heterocycles. The third-order valence-corrected chi connectivity index (χ3v) is 2.83. The summed E-state index contributed by atoms with van der Waals surface area (Å²) in [5.41, 5.74) is 5.53. The minimum Gasteiger partial charge on any atom is -0.481 e. The van der Waals surface area contributed by atoms with Crippen molar-refractivity contribution >= 4 is 5.97 Å². The number of carboxylic acids is 1. The van der Waals surface area contributed by atoms with Crippen molar-refractivity contribution in [3.8, 4) is 0 Å². The van der Waals surface area contributed by atoms with Crippen molar-refractivity contribution in [1.82, 2.24) is 0 Å². The molecule has 3 N–H and O–H groups in total. The van der Waals surface area contributed by atoms with Gasteiger partial charge in [0.1, 0.15) is 0 Å². The maximum Gasteiger partial charge on any atom is 0.305 e. The van der Waals surface area contributed by atoms with Crippen LogP contribution in [0, 0.1) is 5.92 Å². The van der Waals surface area contributed by atoms with Crippen LogP contribution in [0.15, 0.2) is 0 Å². The van der Waals surface area contributed by atoms with Gasteiger partial charge in [-0.1, -0.05) is 13.3 Å². The lowest BCUT2D eigenvalue weighted by Gasteiger charge is -2.21. The van der Waals surface area contributed by atoms with Crippen LogP contribution in [0.5, 0.6) is 0 Å². The van der Waals surface area contributed by atoms with Crippen LogP contribution in [-0.2, 0) is 4.79 Å². The molecule has 1 aliphatic carbocycles. The quantitative estimate of drug-likeness (QED) is 0.674. The van der Waals surface area contributed by atoms with Crippen molar-refractivity contribution in [2.45, 2.75) is 44.6 Å². The second-order valence-corrected chi connectivity index (χ2v) is 3.95. The fourth-order valence-corrected chi connectivity index (χ4v) is 2.08. The number of aliphatic carboxylic acids is 1. The van der Waals surface area contributed by atoms with Crippen molar-refractivity contribution in [2.24, 2.45) is 11.7 Å². The first-order chi connectivity index (χ1) is 5.56. The second kappa shape index (κ2) is 3.44. The molecule has 0 radical (unpaired) electrons. The molecule has 0 saturated heterocycles. The van der Waals surface area contributed by atoms with Gasteiger partial charge in [0.05, 0.1) is 6.42 Å². The predicted molar refractivity (Wildman–Crippen MR) is 46.8 cm³/mol. The van der Waals surface area contributed by atoms with E-state index < -0.39 is 11.5 Å². The Balaban J connectivity index is 2.46. The summed E-state index contributed by atoms with van der Waals surface area (Å²) in [6.45, 7) is 2.14. The van der Waals surface area contributed by atoms with Crippen LogP contribution in [0.3, 0.4) is 0 Å². The first kappa shape index (κ1) is 9.52. The van der Waals surface area contributed by atoms with Gasteiger partial charge in [-0.15, -0.1) is 0 Å². The zero-order valence-corrected chi connectivity index (χ0v) is 7.55. The topological polar surface area (TPSA) is 63.3 Å². The van der Waals surface area contributed by atoms with E-state index in [9.17, 15) is 4.79 Å². The Kier molecular flexibility index (Phi) is 2.73. The fourth-order valence-electron chi connectivity index (χ4n) is 2.08. The van der Waals surface area contributed by atoms with E-state index in [-0.39, 0.29) is 6.42 Å². The van der Waals surface area contributed by atoms with Crippen LogP contribution in [0.25, 0.3) is 0 Å². The third kappa shape index (κ3) is 2.21. The van der Waals surface area contributed by atoms with Gasteiger partial charge in [-0.25, -0.2) is 0 Å². The number of hydrogen-bond donors (Lipinski definition) is 2. The fraction of sp³-hybridized carbons (Fsp3) is 0.889. The maximum atomic E-state index is 10.5. The highest BCUT2D eigenvalue weighted by molar-refractivity contribution is 5.68. The Hall–Kier alpha value is -0.570. The van der Waals surface area contributed by atoms with Gasteiger partial charge in [-0.2, -0.15) is 0 Å². The summed E-state index contributed by atoms with van der Waals surface area (Å²) in [5.74, 6) is -0.122. The summed E-state index contributed by atoms with van der Waals surface area (Å²) in [6, 6.07) is 0. The molecule has 1 saturated carbocycles. The highest BCUT2D eigenvalue weighted by Crippen LogP contribution is 2.36. The van der Waals surface area contributed by atoms with Crippen molar-refractivity contribution in [2.75, 3.05) is 0 Å². The first-order valence-electron chi connectivity index (χ1n) is 4.56. The molecule has 2 atom stereocenters. The van der Waals surface area contributed by atoms with Gasteiger partial charge >= 0.3 is 5.97 Å². The van der Waals surface area contributed by atoms with E-state index in [0.29, 0.717) is 5.92 Å². The molecule has 0 spiro atoms. The summed E-state index contributed by atoms with van der Waals surface area (Å²) >= 11 is 0. The average molecular weight is 171 g/mol. The Labute approximate surface area is 72.9 Å². The molecule has 1 fully saturated rings. The molecule has 0 aromatic carbocycles. The van der Waals surface area contributed by atoms with Gasteiger partial charge in [0.15, 0.2) is 0 Å². The molecule has 1 rings (SSSR count). The molecule has 0 aromatic heterocycles. The zero-order valence-electron chi connectivity index (χ0n) is 7.55. The lowest BCUT2D eigenvalue weighted by atomic mass is 9.93. The number of carbonyl (C=O) groups is 1. The van der Waals surface area contributed by atoms with Gasteiger partial charge in [-0.3, -0.25) is 4.79 Å². The van der Waals surface area contributed by atoms with Crippen LogP contribution in [-0.4, -0.2) is 16.6 Å². The van der Waals surface area contributed by atoms with Gasteiger partial charge in [0.2, 0.25) is 0 Å². The predicted octanol–water partition coefficient (Wildman–Crippen LogP) is 1.37. The molecule has 70 valence electrons. The molecule has 1 aliphatic rings. The number of hydrogen-bond acceptors (Lipinski definition) is 2.